The van der Waals surface area contributed by atoms with Crippen LogP contribution in [-0.4, -0.2) is 14.5 Å². The van der Waals surface area contributed by atoms with E-state index in [2.05, 4.69) is 21.5 Å². The van der Waals surface area contributed by atoms with Crippen LogP contribution in [0.1, 0.15) is 43.6 Å². The lowest BCUT2D eigenvalue weighted by atomic mass is 10.1. The van der Waals surface area contributed by atoms with E-state index in [0.29, 0.717) is 5.41 Å². The zero-order valence-corrected chi connectivity index (χ0v) is 11.8. The van der Waals surface area contributed by atoms with Crippen molar-refractivity contribution in [1.29, 1.82) is 0 Å². The fourth-order valence-corrected chi connectivity index (χ4v) is 2.49. The second kappa shape index (κ2) is 3.95. The zero-order chi connectivity index (χ0) is 12.9. The van der Waals surface area contributed by atoms with Crippen LogP contribution in [0.25, 0.3) is 11.2 Å². The van der Waals surface area contributed by atoms with Crippen LogP contribution in [-0.2, 0) is 6.54 Å². The highest BCUT2D eigenvalue weighted by atomic mass is 35.5. The summed E-state index contributed by atoms with van der Waals surface area (Å²) in [4.78, 5) is 9.27. The van der Waals surface area contributed by atoms with Gasteiger partial charge in [-0.25, -0.2) is 9.97 Å². The molecule has 0 aromatic carbocycles. The number of pyridine rings is 1. The van der Waals surface area contributed by atoms with Gasteiger partial charge in [0.15, 0.2) is 5.65 Å². The first-order chi connectivity index (χ1) is 8.48. The van der Waals surface area contributed by atoms with Crippen LogP contribution in [0.2, 0.25) is 0 Å². The number of fused-ring (bicyclic) bond motifs is 1. The summed E-state index contributed by atoms with van der Waals surface area (Å²) in [6.45, 7) is 7.28. The van der Waals surface area contributed by atoms with Gasteiger partial charge in [0.05, 0.1) is 5.38 Å². The fraction of sp³-hybridized carbons (Fsp3) is 0.571. The molecule has 3 rings (SSSR count). The van der Waals surface area contributed by atoms with Crippen LogP contribution < -0.4 is 0 Å². The lowest BCUT2D eigenvalue weighted by Crippen LogP contribution is -2.12. The van der Waals surface area contributed by atoms with E-state index in [9.17, 15) is 0 Å². The molecule has 96 valence electrons. The summed E-state index contributed by atoms with van der Waals surface area (Å²) in [7, 11) is 0. The molecule has 2 aromatic rings. The van der Waals surface area contributed by atoms with Gasteiger partial charge >= 0.3 is 0 Å². The minimum atomic E-state index is -0.0816. The maximum atomic E-state index is 6.26. The molecule has 1 fully saturated rings. The number of halogens is 1. The lowest BCUT2D eigenvalue weighted by molar-refractivity contribution is 0.459. The molecule has 1 saturated carbocycles. The first-order valence-electron chi connectivity index (χ1n) is 6.46. The van der Waals surface area contributed by atoms with Crippen molar-refractivity contribution in [1.82, 2.24) is 14.5 Å². The minimum absolute atomic E-state index is 0.0816. The number of aromatic nitrogens is 3. The van der Waals surface area contributed by atoms with Crippen molar-refractivity contribution in [3.63, 3.8) is 0 Å². The van der Waals surface area contributed by atoms with Crippen LogP contribution in [0, 0.1) is 12.3 Å². The zero-order valence-electron chi connectivity index (χ0n) is 11.1. The number of hydrogen-bond donors (Lipinski definition) is 0. The summed E-state index contributed by atoms with van der Waals surface area (Å²) < 4.78 is 2.22. The second-order valence-corrected chi connectivity index (χ2v) is 6.43. The van der Waals surface area contributed by atoms with E-state index >= 15 is 0 Å². The van der Waals surface area contributed by atoms with Gasteiger partial charge in [-0.2, -0.15) is 0 Å². The maximum Gasteiger partial charge on any atom is 0.160 e. The molecule has 2 aromatic heterocycles. The number of imidazole rings is 1. The highest BCUT2D eigenvalue weighted by molar-refractivity contribution is 6.20. The standard InChI is InChI=1S/C14H18ClN3/c1-9-4-5-11-13(16-9)18(8-14(3)6-7-14)12(17-11)10(2)15/h4-5,10H,6-8H2,1-3H3. The molecule has 0 spiro atoms. The predicted octanol–water partition coefficient (Wildman–Crippen LogP) is 3.84. The van der Waals surface area contributed by atoms with E-state index < -0.39 is 0 Å². The van der Waals surface area contributed by atoms with E-state index in [1.807, 2.05) is 26.0 Å². The van der Waals surface area contributed by atoms with Crippen molar-refractivity contribution < 1.29 is 0 Å². The average Bonchev–Trinajstić information content (AvgIpc) is 2.92. The third-order valence-corrected chi connectivity index (χ3v) is 3.96. The molecule has 0 aliphatic heterocycles. The Morgan fingerprint density at radius 2 is 2.11 bits per heavy atom. The van der Waals surface area contributed by atoms with Crippen LogP contribution in [0.3, 0.4) is 0 Å². The van der Waals surface area contributed by atoms with Gasteiger partial charge in [-0.3, -0.25) is 0 Å². The Morgan fingerprint density at radius 3 is 2.72 bits per heavy atom. The van der Waals surface area contributed by atoms with Crippen molar-refractivity contribution >= 4 is 22.8 Å². The summed E-state index contributed by atoms with van der Waals surface area (Å²) >= 11 is 6.26. The second-order valence-electron chi connectivity index (χ2n) is 5.78. The third-order valence-electron chi connectivity index (χ3n) is 3.76. The quantitative estimate of drug-likeness (QED) is 0.788. The van der Waals surface area contributed by atoms with Gasteiger partial charge in [-0.05, 0) is 44.2 Å². The van der Waals surface area contributed by atoms with E-state index in [4.69, 9.17) is 11.6 Å². The number of alkyl halides is 1. The van der Waals surface area contributed by atoms with Gasteiger partial charge in [0.25, 0.3) is 0 Å². The molecule has 18 heavy (non-hydrogen) atoms. The summed E-state index contributed by atoms with van der Waals surface area (Å²) in [6.07, 6.45) is 2.57. The van der Waals surface area contributed by atoms with Gasteiger partial charge < -0.3 is 4.57 Å². The van der Waals surface area contributed by atoms with Crippen molar-refractivity contribution in [2.75, 3.05) is 0 Å². The number of hydrogen-bond acceptors (Lipinski definition) is 2. The molecular weight excluding hydrogens is 246 g/mol. The Labute approximate surface area is 112 Å². The lowest BCUT2D eigenvalue weighted by Gasteiger charge is -2.14. The van der Waals surface area contributed by atoms with E-state index in [1.54, 1.807) is 0 Å². The number of aryl methyl sites for hydroxylation is 1. The van der Waals surface area contributed by atoms with Crippen molar-refractivity contribution in [3.05, 3.63) is 23.7 Å². The van der Waals surface area contributed by atoms with Crippen LogP contribution in [0.5, 0.6) is 0 Å². The molecule has 0 bridgehead atoms. The molecular formula is C14H18ClN3. The minimum Gasteiger partial charge on any atom is -0.311 e. The smallest absolute Gasteiger partial charge is 0.160 e. The Kier molecular flexibility index (Phi) is 2.63. The summed E-state index contributed by atoms with van der Waals surface area (Å²) in [5.74, 6) is 0.942. The van der Waals surface area contributed by atoms with Crippen LogP contribution in [0.15, 0.2) is 12.1 Å². The molecule has 1 unspecified atom stereocenters. The van der Waals surface area contributed by atoms with Crippen molar-refractivity contribution in [2.24, 2.45) is 5.41 Å². The third kappa shape index (κ3) is 2.01. The van der Waals surface area contributed by atoms with E-state index in [-0.39, 0.29) is 5.38 Å². The monoisotopic (exact) mass is 263 g/mol. The van der Waals surface area contributed by atoms with Gasteiger partial charge in [-0.15, -0.1) is 11.6 Å². The molecule has 0 amide bonds. The Balaban J connectivity index is 2.16. The first kappa shape index (κ1) is 12.0. The molecule has 1 atom stereocenters. The van der Waals surface area contributed by atoms with Gasteiger partial charge in [0.2, 0.25) is 0 Å². The molecule has 0 saturated heterocycles. The highest BCUT2D eigenvalue weighted by Crippen LogP contribution is 2.47. The van der Waals surface area contributed by atoms with Crippen LogP contribution >= 0.6 is 11.6 Å². The normalized spacial score (nSPS) is 19.1. The predicted molar refractivity (Wildman–Crippen MR) is 73.9 cm³/mol. The topological polar surface area (TPSA) is 30.7 Å². The van der Waals surface area contributed by atoms with Crippen molar-refractivity contribution in [2.45, 2.75) is 45.5 Å². The molecule has 0 N–H and O–H groups in total. The molecule has 1 aliphatic rings. The maximum absolute atomic E-state index is 6.26. The summed E-state index contributed by atoms with van der Waals surface area (Å²) in [5, 5.41) is -0.0816. The summed E-state index contributed by atoms with van der Waals surface area (Å²) in [5.41, 5.74) is 3.37. The summed E-state index contributed by atoms with van der Waals surface area (Å²) in [6, 6.07) is 4.04. The molecule has 3 nitrogen and oxygen atoms in total. The highest BCUT2D eigenvalue weighted by Gasteiger charge is 2.38. The fourth-order valence-electron chi connectivity index (χ4n) is 2.33. The van der Waals surface area contributed by atoms with Crippen LogP contribution in [0.4, 0.5) is 0 Å². The number of nitrogens with zero attached hydrogens (tertiary/aromatic N) is 3. The SMILES string of the molecule is Cc1ccc2nc(C(C)Cl)n(CC3(C)CC3)c2n1. The number of rotatable bonds is 3. The van der Waals surface area contributed by atoms with Gasteiger partial charge in [0.1, 0.15) is 11.3 Å². The Morgan fingerprint density at radius 1 is 1.39 bits per heavy atom. The first-order valence-corrected chi connectivity index (χ1v) is 6.90. The van der Waals surface area contributed by atoms with Crippen molar-refractivity contribution in [3.8, 4) is 0 Å². The molecule has 2 heterocycles. The molecule has 0 radical (unpaired) electrons. The van der Waals surface area contributed by atoms with Gasteiger partial charge in [0, 0.05) is 12.2 Å². The Bertz CT molecular complexity index is 596. The largest absolute Gasteiger partial charge is 0.311 e. The molecule has 4 heteroatoms. The van der Waals surface area contributed by atoms with Gasteiger partial charge in [-0.1, -0.05) is 6.92 Å². The Hall–Kier alpha value is -1.09. The van der Waals surface area contributed by atoms with E-state index in [1.165, 1.54) is 12.8 Å². The molecule has 1 aliphatic carbocycles. The van der Waals surface area contributed by atoms with E-state index in [0.717, 1.165) is 29.2 Å². The average molecular weight is 264 g/mol.